The molecule has 1 N–H and O–H groups in total. The number of hydrogen-bond acceptors (Lipinski definition) is 6. The lowest BCUT2D eigenvalue weighted by Gasteiger charge is -2.17. The van der Waals surface area contributed by atoms with Gasteiger partial charge in [0.15, 0.2) is 5.82 Å². The van der Waals surface area contributed by atoms with Gasteiger partial charge in [-0.2, -0.15) is 9.71 Å². The molecule has 0 bridgehead atoms. The highest BCUT2D eigenvalue weighted by molar-refractivity contribution is 7.91. The van der Waals surface area contributed by atoms with Crippen LogP contribution in [-0.2, 0) is 10.0 Å². The largest absolute Gasteiger partial charge is 0.338 e. The molecule has 2 heterocycles. The summed E-state index contributed by atoms with van der Waals surface area (Å²) in [6.45, 7) is 5.47. The molecule has 0 unspecified atom stereocenters. The summed E-state index contributed by atoms with van der Waals surface area (Å²) in [5.74, 6) is 0.762. The van der Waals surface area contributed by atoms with Gasteiger partial charge in [-0.1, -0.05) is 25.1 Å². The molecule has 6 nitrogen and oxygen atoms in total. The molecule has 8 heteroatoms. The van der Waals surface area contributed by atoms with Crippen molar-refractivity contribution >= 4 is 21.4 Å². The summed E-state index contributed by atoms with van der Waals surface area (Å²) < 4.78 is 32.3. The van der Waals surface area contributed by atoms with Crippen LogP contribution in [0.1, 0.15) is 31.6 Å². The van der Waals surface area contributed by atoms with Crippen LogP contribution >= 0.6 is 11.3 Å². The molecule has 0 radical (unpaired) electrons. The number of rotatable bonds is 5. The summed E-state index contributed by atoms with van der Waals surface area (Å²) in [7, 11) is -3.56. The van der Waals surface area contributed by atoms with Crippen molar-refractivity contribution in [2.75, 3.05) is 0 Å². The van der Waals surface area contributed by atoms with Gasteiger partial charge < -0.3 is 4.52 Å². The molecule has 2 aromatic heterocycles. The average molecular weight is 301 g/mol. The number of sulfonamides is 1. The Labute approximate surface area is 115 Å². The molecule has 0 saturated heterocycles. The molecule has 0 spiro atoms. The predicted molar refractivity (Wildman–Crippen MR) is 71.3 cm³/mol. The Morgan fingerprint density at radius 2 is 2.16 bits per heavy atom. The number of aryl methyl sites for hydroxylation is 1. The van der Waals surface area contributed by atoms with Crippen molar-refractivity contribution in [2.45, 2.75) is 31.0 Å². The van der Waals surface area contributed by atoms with Crippen LogP contribution in [0.4, 0.5) is 0 Å². The van der Waals surface area contributed by atoms with Crippen LogP contribution in [0, 0.1) is 12.8 Å². The highest BCUT2D eigenvalue weighted by Crippen LogP contribution is 2.24. The smallest absolute Gasteiger partial charge is 0.250 e. The van der Waals surface area contributed by atoms with Crippen LogP contribution < -0.4 is 4.72 Å². The Morgan fingerprint density at radius 3 is 2.63 bits per heavy atom. The van der Waals surface area contributed by atoms with Crippen molar-refractivity contribution in [3.05, 3.63) is 29.2 Å². The van der Waals surface area contributed by atoms with Gasteiger partial charge in [0.1, 0.15) is 10.3 Å². The Hall–Kier alpha value is -1.25. The SMILES string of the molecule is Cc1noc([C@H](NS(=O)(=O)c2cccs2)C(C)C)n1. The fourth-order valence-corrected chi connectivity index (χ4v) is 3.90. The second-order valence-corrected chi connectivity index (χ2v) is 7.34. The first kappa shape index (κ1) is 14.2. The molecule has 0 aromatic carbocycles. The molecular weight excluding hydrogens is 286 g/mol. The Kier molecular flexibility index (Phi) is 4.02. The zero-order valence-electron chi connectivity index (χ0n) is 10.8. The van der Waals surface area contributed by atoms with Crippen LogP contribution in [0.15, 0.2) is 26.2 Å². The Morgan fingerprint density at radius 1 is 1.42 bits per heavy atom. The highest BCUT2D eigenvalue weighted by Gasteiger charge is 2.28. The second-order valence-electron chi connectivity index (χ2n) is 4.45. The van der Waals surface area contributed by atoms with Gasteiger partial charge >= 0.3 is 0 Å². The molecule has 2 aromatic rings. The molecule has 2 rings (SSSR count). The normalized spacial score (nSPS) is 13.9. The predicted octanol–water partition coefficient (Wildman–Crippen LogP) is 2.12. The van der Waals surface area contributed by atoms with E-state index in [1.807, 2.05) is 13.8 Å². The van der Waals surface area contributed by atoms with Crippen LogP contribution in [0.2, 0.25) is 0 Å². The first-order valence-electron chi connectivity index (χ1n) is 5.76. The third-order valence-electron chi connectivity index (χ3n) is 2.52. The molecule has 0 aliphatic rings. The third-order valence-corrected chi connectivity index (χ3v) is 5.36. The number of aromatic nitrogens is 2. The van der Waals surface area contributed by atoms with E-state index in [-0.39, 0.29) is 16.0 Å². The average Bonchev–Trinajstić information content (AvgIpc) is 2.96. The van der Waals surface area contributed by atoms with Gasteiger partial charge in [-0.25, -0.2) is 8.42 Å². The molecule has 0 aliphatic carbocycles. The van der Waals surface area contributed by atoms with Crippen molar-refractivity contribution < 1.29 is 12.9 Å². The van der Waals surface area contributed by atoms with Crippen molar-refractivity contribution in [3.8, 4) is 0 Å². The maximum absolute atomic E-state index is 12.2. The lowest BCUT2D eigenvalue weighted by atomic mass is 10.1. The minimum absolute atomic E-state index is 0.00501. The molecule has 0 saturated carbocycles. The maximum Gasteiger partial charge on any atom is 0.250 e. The van der Waals surface area contributed by atoms with Crippen molar-refractivity contribution in [2.24, 2.45) is 5.92 Å². The third kappa shape index (κ3) is 3.20. The summed E-state index contributed by atoms with van der Waals surface area (Å²) in [5.41, 5.74) is 0. The maximum atomic E-state index is 12.2. The van der Waals surface area contributed by atoms with E-state index in [9.17, 15) is 8.42 Å². The molecule has 104 valence electrons. The molecule has 19 heavy (non-hydrogen) atoms. The number of thiophene rings is 1. The number of nitrogens with one attached hydrogen (secondary N) is 1. The standard InChI is InChI=1S/C11H15N3O3S2/c1-7(2)10(11-12-8(3)13-17-11)14-19(15,16)9-5-4-6-18-9/h4-7,10,14H,1-3H3/t10-/m1/s1. The lowest BCUT2D eigenvalue weighted by molar-refractivity contribution is 0.310. The fourth-order valence-electron chi connectivity index (χ4n) is 1.55. The van der Waals surface area contributed by atoms with Gasteiger partial charge in [0, 0.05) is 0 Å². The summed E-state index contributed by atoms with van der Waals surface area (Å²) in [4.78, 5) is 4.10. The van der Waals surface area contributed by atoms with Gasteiger partial charge in [0.25, 0.3) is 10.0 Å². The minimum Gasteiger partial charge on any atom is -0.338 e. The van der Waals surface area contributed by atoms with Gasteiger partial charge in [-0.05, 0) is 24.3 Å². The van der Waals surface area contributed by atoms with E-state index in [2.05, 4.69) is 14.9 Å². The number of hydrogen-bond donors (Lipinski definition) is 1. The molecule has 0 amide bonds. The fraction of sp³-hybridized carbons (Fsp3) is 0.455. The van der Waals surface area contributed by atoms with Crippen LogP contribution in [0.25, 0.3) is 0 Å². The van der Waals surface area contributed by atoms with Crippen LogP contribution in [-0.4, -0.2) is 18.6 Å². The summed E-state index contributed by atoms with van der Waals surface area (Å²) in [5, 5.41) is 5.41. The second kappa shape index (κ2) is 5.40. The lowest BCUT2D eigenvalue weighted by Crippen LogP contribution is -2.31. The summed E-state index contributed by atoms with van der Waals surface area (Å²) in [6.07, 6.45) is 0. The van der Waals surface area contributed by atoms with Gasteiger partial charge in [0.05, 0.1) is 0 Å². The summed E-state index contributed by atoms with van der Waals surface area (Å²) in [6, 6.07) is 2.72. The topological polar surface area (TPSA) is 85.1 Å². The van der Waals surface area contributed by atoms with E-state index in [1.54, 1.807) is 24.4 Å². The Bertz CT molecular complexity index is 632. The van der Waals surface area contributed by atoms with Crippen LogP contribution in [0.5, 0.6) is 0 Å². The minimum atomic E-state index is -3.56. The molecule has 0 aliphatic heterocycles. The van der Waals surface area contributed by atoms with Gasteiger partial charge in [-0.15, -0.1) is 11.3 Å². The first-order valence-corrected chi connectivity index (χ1v) is 8.12. The quantitative estimate of drug-likeness (QED) is 0.914. The van der Waals surface area contributed by atoms with Crippen LogP contribution in [0.3, 0.4) is 0 Å². The van der Waals surface area contributed by atoms with E-state index in [0.29, 0.717) is 5.82 Å². The molecular formula is C11H15N3O3S2. The summed E-state index contributed by atoms with van der Waals surface area (Å²) >= 11 is 1.17. The van der Waals surface area contributed by atoms with E-state index in [4.69, 9.17) is 4.52 Å². The van der Waals surface area contributed by atoms with E-state index in [1.165, 1.54) is 11.3 Å². The van der Waals surface area contributed by atoms with E-state index < -0.39 is 16.1 Å². The Balaban J connectivity index is 2.28. The van der Waals surface area contributed by atoms with Crippen molar-refractivity contribution in [1.29, 1.82) is 0 Å². The zero-order valence-corrected chi connectivity index (χ0v) is 12.5. The molecule has 0 fully saturated rings. The van der Waals surface area contributed by atoms with E-state index in [0.717, 1.165) is 0 Å². The van der Waals surface area contributed by atoms with E-state index >= 15 is 0 Å². The van der Waals surface area contributed by atoms with Gasteiger partial charge in [-0.3, -0.25) is 0 Å². The molecule has 1 atom stereocenters. The first-order chi connectivity index (χ1) is 8.90. The van der Waals surface area contributed by atoms with Gasteiger partial charge in [0.2, 0.25) is 5.89 Å². The highest BCUT2D eigenvalue weighted by atomic mass is 32.2. The van der Waals surface area contributed by atoms with Crippen molar-refractivity contribution in [1.82, 2.24) is 14.9 Å². The zero-order chi connectivity index (χ0) is 14.0. The monoisotopic (exact) mass is 301 g/mol. The number of nitrogens with zero attached hydrogens (tertiary/aromatic N) is 2. The van der Waals surface area contributed by atoms with Crippen molar-refractivity contribution in [3.63, 3.8) is 0 Å².